The number of pyridine rings is 1. The summed E-state index contributed by atoms with van der Waals surface area (Å²) >= 11 is 1.42. The van der Waals surface area contributed by atoms with E-state index in [-0.39, 0.29) is 18.4 Å². The van der Waals surface area contributed by atoms with Crippen LogP contribution in [0.5, 0.6) is 5.75 Å². The van der Waals surface area contributed by atoms with Crippen LogP contribution in [0.25, 0.3) is 0 Å². The lowest BCUT2D eigenvalue weighted by atomic mass is 10.2. The van der Waals surface area contributed by atoms with Gasteiger partial charge >= 0.3 is 0 Å². The van der Waals surface area contributed by atoms with Crippen molar-refractivity contribution >= 4 is 29.3 Å². The van der Waals surface area contributed by atoms with Gasteiger partial charge in [-0.2, -0.15) is 0 Å². The number of hydrogen-bond acceptors (Lipinski definition) is 5. The van der Waals surface area contributed by atoms with Gasteiger partial charge in [-0.15, -0.1) is 0 Å². The fourth-order valence-electron chi connectivity index (χ4n) is 2.97. The minimum absolute atomic E-state index is 0.0207. The van der Waals surface area contributed by atoms with Gasteiger partial charge in [0, 0.05) is 17.8 Å². The number of amides is 2. The van der Waals surface area contributed by atoms with E-state index in [4.69, 9.17) is 4.74 Å². The number of benzene rings is 1. The minimum atomic E-state index is -0.220. The molecule has 2 heterocycles. The summed E-state index contributed by atoms with van der Waals surface area (Å²) in [5.74, 6) is 0.716. The number of aromatic nitrogens is 1. The van der Waals surface area contributed by atoms with E-state index in [1.165, 1.54) is 16.7 Å². The van der Waals surface area contributed by atoms with E-state index in [0.717, 1.165) is 33.3 Å². The average Bonchev–Trinajstić information content (AvgIpc) is 2.62. The highest BCUT2D eigenvalue weighted by Gasteiger charge is 2.29. The Kier molecular flexibility index (Phi) is 5.46. The van der Waals surface area contributed by atoms with Crippen molar-refractivity contribution in [3.63, 3.8) is 0 Å². The lowest BCUT2D eigenvalue weighted by Crippen LogP contribution is -2.43. The highest BCUT2D eigenvalue weighted by Crippen LogP contribution is 2.36. The number of rotatable bonds is 5. The third-order valence-electron chi connectivity index (χ3n) is 4.15. The van der Waals surface area contributed by atoms with Gasteiger partial charge in [-0.3, -0.25) is 14.5 Å². The summed E-state index contributed by atoms with van der Waals surface area (Å²) in [6, 6.07) is 9.44. The van der Waals surface area contributed by atoms with Crippen molar-refractivity contribution in [1.29, 1.82) is 0 Å². The fraction of sp³-hybridized carbons (Fsp3) is 0.316. The first-order chi connectivity index (χ1) is 12.5. The van der Waals surface area contributed by atoms with E-state index in [2.05, 4.69) is 10.3 Å². The van der Waals surface area contributed by atoms with Gasteiger partial charge in [0.05, 0.1) is 18.6 Å². The van der Waals surface area contributed by atoms with Crippen molar-refractivity contribution in [3.05, 3.63) is 47.2 Å². The van der Waals surface area contributed by atoms with Crippen LogP contribution in [0.4, 0.5) is 5.69 Å². The predicted octanol–water partition coefficient (Wildman–Crippen LogP) is 2.46. The molecule has 136 valence electrons. The molecular weight excluding hydrogens is 350 g/mol. The molecule has 0 saturated carbocycles. The molecule has 1 aromatic carbocycles. The topological polar surface area (TPSA) is 71.5 Å². The number of carbonyl (C=O) groups is 2. The van der Waals surface area contributed by atoms with Crippen LogP contribution >= 0.6 is 11.8 Å². The summed E-state index contributed by atoms with van der Waals surface area (Å²) in [7, 11) is 1.60. The van der Waals surface area contributed by atoms with Crippen LogP contribution in [0, 0.1) is 13.8 Å². The van der Waals surface area contributed by atoms with Gasteiger partial charge in [0.15, 0.2) is 0 Å². The summed E-state index contributed by atoms with van der Waals surface area (Å²) in [6.07, 6.45) is 0. The van der Waals surface area contributed by atoms with Crippen molar-refractivity contribution in [2.24, 2.45) is 0 Å². The van der Waals surface area contributed by atoms with Crippen LogP contribution in [0.2, 0.25) is 0 Å². The Hall–Kier alpha value is -2.54. The van der Waals surface area contributed by atoms with Gasteiger partial charge in [0.25, 0.3) is 0 Å². The molecule has 1 aromatic heterocycles. The second-order valence-corrected chi connectivity index (χ2v) is 7.06. The van der Waals surface area contributed by atoms with Crippen LogP contribution in [-0.2, 0) is 16.1 Å². The number of nitrogens with zero attached hydrogens (tertiary/aromatic N) is 2. The highest BCUT2D eigenvalue weighted by molar-refractivity contribution is 8.00. The number of methoxy groups -OCH3 is 1. The zero-order valence-corrected chi connectivity index (χ0v) is 15.9. The van der Waals surface area contributed by atoms with E-state index in [1.54, 1.807) is 7.11 Å². The Morgan fingerprint density at radius 2 is 2.12 bits per heavy atom. The Labute approximate surface area is 156 Å². The van der Waals surface area contributed by atoms with E-state index >= 15 is 0 Å². The van der Waals surface area contributed by atoms with Crippen molar-refractivity contribution in [1.82, 2.24) is 10.3 Å². The highest BCUT2D eigenvalue weighted by atomic mass is 32.2. The van der Waals surface area contributed by atoms with E-state index in [1.807, 2.05) is 44.2 Å². The molecule has 1 aliphatic rings. The Morgan fingerprint density at radius 1 is 1.35 bits per heavy atom. The summed E-state index contributed by atoms with van der Waals surface area (Å²) in [5, 5.41) is 3.67. The summed E-state index contributed by atoms with van der Waals surface area (Å²) in [6.45, 7) is 4.19. The standard InChI is InChI=1S/C19H21N3O3S/c1-12-8-13(2)21-19-18(12)22(17(24)11-26-19)10-16(23)20-9-14-6-4-5-7-15(14)25-3/h4-8H,9-11H2,1-3H3,(H,20,23). The van der Waals surface area contributed by atoms with Gasteiger partial charge in [-0.1, -0.05) is 30.0 Å². The quantitative estimate of drug-likeness (QED) is 0.874. The molecule has 0 aliphatic carbocycles. The third-order valence-corrected chi connectivity index (χ3v) is 5.10. The Balaban J connectivity index is 1.73. The first-order valence-corrected chi connectivity index (χ1v) is 9.28. The molecule has 3 rings (SSSR count). The maximum atomic E-state index is 12.4. The molecule has 1 N–H and O–H groups in total. The number of nitrogens with one attached hydrogen (secondary N) is 1. The van der Waals surface area contributed by atoms with Gasteiger partial charge in [-0.25, -0.2) is 4.98 Å². The van der Waals surface area contributed by atoms with Crippen molar-refractivity contribution in [3.8, 4) is 5.75 Å². The SMILES string of the molecule is COc1ccccc1CNC(=O)CN1C(=O)CSc2nc(C)cc(C)c21. The first kappa shape index (κ1) is 18.3. The number of anilines is 1. The second-order valence-electron chi connectivity index (χ2n) is 6.09. The monoisotopic (exact) mass is 371 g/mol. The first-order valence-electron chi connectivity index (χ1n) is 8.29. The summed E-state index contributed by atoms with van der Waals surface area (Å²) < 4.78 is 5.29. The lowest BCUT2D eigenvalue weighted by molar-refractivity contribution is -0.123. The molecule has 1 aliphatic heterocycles. The maximum absolute atomic E-state index is 12.4. The van der Waals surface area contributed by atoms with E-state index < -0.39 is 0 Å². The molecule has 0 saturated heterocycles. The van der Waals surface area contributed by atoms with E-state index in [0.29, 0.717) is 12.3 Å². The molecule has 0 spiro atoms. The van der Waals surface area contributed by atoms with Crippen molar-refractivity contribution < 1.29 is 14.3 Å². The number of carbonyl (C=O) groups excluding carboxylic acids is 2. The summed E-state index contributed by atoms with van der Waals surface area (Å²) in [4.78, 5) is 30.9. The molecule has 6 nitrogen and oxygen atoms in total. The number of aryl methyl sites for hydroxylation is 2. The Bertz CT molecular complexity index is 854. The van der Waals surface area contributed by atoms with Gasteiger partial charge in [-0.05, 0) is 31.5 Å². The second kappa shape index (κ2) is 7.78. The zero-order valence-electron chi connectivity index (χ0n) is 15.0. The predicted molar refractivity (Wildman–Crippen MR) is 102 cm³/mol. The van der Waals surface area contributed by atoms with Crippen LogP contribution in [-0.4, -0.2) is 36.2 Å². The molecule has 0 unspecified atom stereocenters. The fourth-order valence-corrected chi connectivity index (χ4v) is 4.00. The summed E-state index contributed by atoms with van der Waals surface area (Å²) in [5.41, 5.74) is 3.48. The normalized spacial score (nSPS) is 13.3. The number of ether oxygens (including phenoxy) is 1. The van der Waals surface area contributed by atoms with Gasteiger partial charge in [0.2, 0.25) is 11.8 Å². The average molecular weight is 371 g/mol. The Morgan fingerprint density at radius 3 is 2.88 bits per heavy atom. The van der Waals surface area contributed by atoms with Gasteiger partial charge in [0.1, 0.15) is 17.3 Å². The largest absolute Gasteiger partial charge is 0.496 e. The third kappa shape index (κ3) is 3.83. The number of thioether (sulfide) groups is 1. The molecule has 0 bridgehead atoms. The molecule has 26 heavy (non-hydrogen) atoms. The maximum Gasteiger partial charge on any atom is 0.240 e. The minimum Gasteiger partial charge on any atom is -0.496 e. The van der Waals surface area contributed by atoms with Crippen LogP contribution in [0.1, 0.15) is 16.8 Å². The molecule has 2 amide bonds. The zero-order chi connectivity index (χ0) is 18.7. The van der Waals surface area contributed by atoms with E-state index in [9.17, 15) is 9.59 Å². The molecule has 0 radical (unpaired) electrons. The molecule has 0 atom stereocenters. The van der Waals surface area contributed by atoms with Crippen molar-refractivity contribution in [2.45, 2.75) is 25.4 Å². The molecular formula is C19H21N3O3S. The molecule has 2 aromatic rings. The number of para-hydroxylation sites is 1. The lowest BCUT2D eigenvalue weighted by Gasteiger charge is -2.29. The smallest absolute Gasteiger partial charge is 0.240 e. The molecule has 0 fully saturated rings. The van der Waals surface area contributed by atoms with Crippen molar-refractivity contribution in [2.75, 3.05) is 24.3 Å². The number of hydrogen-bond donors (Lipinski definition) is 1. The van der Waals surface area contributed by atoms with Gasteiger partial charge < -0.3 is 10.1 Å². The molecule has 7 heteroatoms. The van der Waals surface area contributed by atoms with Crippen LogP contribution in [0.15, 0.2) is 35.4 Å². The van der Waals surface area contributed by atoms with Crippen LogP contribution in [0.3, 0.4) is 0 Å². The number of fused-ring (bicyclic) bond motifs is 1. The van der Waals surface area contributed by atoms with Crippen LogP contribution < -0.4 is 15.0 Å².